The molecule has 2 unspecified atom stereocenters. The number of nitrogens with zero attached hydrogens (tertiary/aromatic N) is 1. The standard InChI is InChI=1S/C18H27N3O2/c1-13-2-3-14(12-21-6-8-23-9-7-21)10-17(13)20-18(22)15-4-5-16(19)11-15/h2-3,10,15-16H,4-9,11-12,19H2,1H3,(H,20,22). The first-order valence-corrected chi connectivity index (χ1v) is 8.58. The van der Waals surface area contributed by atoms with E-state index >= 15 is 0 Å². The highest BCUT2D eigenvalue weighted by molar-refractivity contribution is 5.93. The number of benzene rings is 1. The Labute approximate surface area is 138 Å². The van der Waals surface area contributed by atoms with Crippen molar-refractivity contribution in [3.8, 4) is 0 Å². The molecule has 0 radical (unpaired) electrons. The maximum atomic E-state index is 12.4. The van der Waals surface area contributed by atoms with Crippen LogP contribution >= 0.6 is 0 Å². The van der Waals surface area contributed by atoms with Gasteiger partial charge >= 0.3 is 0 Å². The Morgan fingerprint density at radius 3 is 2.83 bits per heavy atom. The monoisotopic (exact) mass is 317 g/mol. The number of rotatable bonds is 4. The van der Waals surface area contributed by atoms with Crippen molar-refractivity contribution in [3.05, 3.63) is 29.3 Å². The van der Waals surface area contributed by atoms with Crippen LogP contribution in [0.1, 0.15) is 30.4 Å². The third-order valence-corrected chi connectivity index (χ3v) is 4.91. The maximum absolute atomic E-state index is 12.4. The molecule has 1 amide bonds. The number of anilines is 1. The second kappa shape index (κ2) is 7.43. The van der Waals surface area contributed by atoms with Gasteiger partial charge in [-0.2, -0.15) is 0 Å². The third-order valence-electron chi connectivity index (χ3n) is 4.91. The average Bonchev–Trinajstić information content (AvgIpc) is 2.98. The summed E-state index contributed by atoms with van der Waals surface area (Å²) < 4.78 is 5.39. The predicted molar refractivity (Wildman–Crippen MR) is 91.2 cm³/mol. The van der Waals surface area contributed by atoms with Crippen LogP contribution in [0.15, 0.2) is 18.2 Å². The normalized spacial score (nSPS) is 25.5. The number of carbonyl (C=O) groups excluding carboxylic acids is 1. The van der Waals surface area contributed by atoms with E-state index in [0.29, 0.717) is 0 Å². The van der Waals surface area contributed by atoms with Gasteiger partial charge in [-0.15, -0.1) is 0 Å². The molecule has 1 aromatic rings. The quantitative estimate of drug-likeness (QED) is 0.890. The fraction of sp³-hybridized carbons (Fsp3) is 0.611. The van der Waals surface area contributed by atoms with Gasteiger partial charge in [0, 0.05) is 37.3 Å². The number of ether oxygens (including phenoxy) is 1. The third kappa shape index (κ3) is 4.31. The van der Waals surface area contributed by atoms with Gasteiger partial charge in [0.05, 0.1) is 13.2 Å². The summed E-state index contributed by atoms with van der Waals surface area (Å²) in [6, 6.07) is 6.52. The van der Waals surface area contributed by atoms with Crippen LogP contribution in [0.4, 0.5) is 5.69 Å². The van der Waals surface area contributed by atoms with E-state index in [4.69, 9.17) is 10.5 Å². The molecule has 1 heterocycles. The number of nitrogens with two attached hydrogens (primary N) is 1. The molecule has 2 aliphatic rings. The van der Waals surface area contributed by atoms with Gasteiger partial charge in [-0.25, -0.2) is 0 Å². The molecule has 1 saturated heterocycles. The van der Waals surface area contributed by atoms with Gasteiger partial charge in [0.2, 0.25) is 5.91 Å². The van der Waals surface area contributed by atoms with Crippen LogP contribution in [0.25, 0.3) is 0 Å². The van der Waals surface area contributed by atoms with E-state index in [1.54, 1.807) is 0 Å². The highest BCUT2D eigenvalue weighted by Crippen LogP contribution is 2.26. The van der Waals surface area contributed by atoms with Crippen LogP contribution in [-0.4, -0.2) is 43.2 Å². The summed E-state index contributed by atoms with van der Waals surface area (Å²) in [6.07, 6.45) is 2.66. The van der Waals surface area contributed by atoms with Crippen molar-refractivity contribution in [1.29, 1.82) is 0 Å². The van der Waals surface area contributed by atoms with Crippen molar-refractivity contribution in [2.75, 3.05) is 31.6 Å². The highest BCUT2D eigenvalue weighted by atomic mass is 16.5. The van der Waals surface area contributed by atoms with E-state index in [9.17, 15) is 4.79 Å². The summed E-state index contributed by atoms with van der Waals surface area (Å²) in [4.78, 5) is 14.8. The first kappa shape index (κ1) is 16.4. The Balaban J connectivity index is 1.64. The van der Waals surface area contributed by atoms with Crippen molar-refractivity contribution >= 4 is 11.6 Å². The molecule has 0 aromatic heterocycles. The molecular weight excluding hydrogens is 290 g/mol. The number of morpholine rings is 1. The molecule has 1 aromatic carbocycles. The van der Waals surface area contributed by atoms with Crippen LogP contribution in [0.2, 0.25) is 0 Å². The Morgan fingerprint density at radius 1 is 1.35 bits per heavy atom. The first-order valence-electron chi connectivity index (χ1n) is 8.58. The van der Waals surface area contributed by atoms with Crippen LogP contribution in [0.5, 0.6) is 0 Å². The number of amides is 1. The Kier molecular flexibility index (Phi) is 5.30. The molecule has 1 saturated carbocycles. The lowest BCUT2D eigenvalue weighted by atomic mass is 10.1. The summed E-state index contributed by atoms with van der Waals surface area (Å²) in [7, 11) is 0. The van der Waals surface area contributed by atoms with Gasteiger partial charge < -0.3 is 15.8 Å². The molecule has 3 N–H and O–H groups in total. The fourth-order valence-electron chi connectivity index (χ4n) is 3.41. The average molecular weight is 317 g/mol. The maximum Gasteiger partial charge on any atom is 0.227 e. The van der Waals surface area contributed by atoms with E-state index in [1.807, 2.05) is 6.92 Å². The lowest BCUT2D eigenvalue weighted by Gasteiger charge is -2.26. The van der Waals surface area contributed by atoms with Gasteiger partial charge in [0.25, 0.3) is 0 Å². The zero-order chi connectivity index (χ0) is 16.2. The molecule has 0 bridgehead atoms. The number of carbonyl (C=O) groups is 1. The molecule has 2 fully saturated rings. The molecule has 0 spiro atoms. The minimum absolute atomic E-state index is 0.0623. The van der Waals surface area contributed by atoms with Crippen LogP contribution in [-0.2, 0) is 16.1 Å². The van der Waals surface area contributed by atoms with Gasteiger partial charge in [-0.05, 0) is 43.4 Å². The first-order chi connectivity index (χ1) is 11.1. The molecule has 23 heavy (non-hydrogen) atoms. The molecule has 5 heteroatoms. The Bertz CT molecular complexity index is 555. The number of hydrogen-bond acceptors (Lipinski definition) is 4. The van der Waals surface area contributed by atoms with Gasteiger partial charge in [-0.3, -0.25) is 9.69 Å². The van der Waals surface area contributed by atoms with Crippen LogP contribution in [0.3, 0.4) is 0 Å². The lowest BCUT2D eigenvalue weighted by molar-refractivity contribution is -0.119. The topological polar surface area (TPSA) is 67.6 Å². The lowest BCUT2D eigenvalue weighted by Crippen LogP contribution is -2.35. The van der Waals surface area contributed by atoms with E-state index in [1.165, 1.54) is 5.56 Å². The van der Waals surface area contributed by atoms with Crippen molar-refractivity contribution in [3.63, 3.8) is 0 Å². The highest BCUT2D eigenvalue weighted by Gasteiger charge is 2.28. The van der Waals surface area contributed by atoms with E-state index < -0.39 is 0 Å². The summed E-state index contributed by atoms with van der Waals surface area (Å²) in [5, 5.41) is 3.11. The van der Waals surface area contributed by atoms with E-state index in [2.05, 4.69) is 28.4 Å². The van der Waals surface area contributed by atoms with Crippen molar-refractivity contribution in [2.24, 2.45) is 11.7 Å². The second-order valence-corrected chi connectivity index (χ2v) is 6.80. The number of nitrogens with one attached hydrogen (secondary N) is 1. The largest absolute Gasteiger partial charge is 0.379 e. The fourth-order valence-corrected chi connectivity index (χ4v) is 3.41. The van der Waals surface area contributed by atoms with E-state index in [-0.39, 0.29) is 17.9 Å². The Hall–Kier alpha value is -1.43. The second-order valence-electron chi connectivity index (χ2n) is 6.80. The summed E-state index contributed by atoms with van der Waals surface area (Å²) in [6.45, 7) is 6.48. The van der Waals surface area contributed by atoms with Crippen LogP contribution in [0, 0.1) is 12.8 Å². The SMILES string of the molecule is Cc1ccc(CN2CCOCC2)cc1NC(=O)C1CCC(N)C1. The molecule has 2 atom stereocenters. The number of hydrogen-bond donors (Lipinski definition) is 2. The molecule has 1 aliphatic heterocycles. The van der Waals surface area contributed by atoms with Crippen molar-refractivity contribution in [1.82, 2.24) is 4.90 Å². The van der Waals surface area contributed by atoms with Crippen molar-refractivity contribution < 1.29 is 9.53 Å². The summed E-state index contributed by atoms with van der Waals surface area (Å²) in [5.41, 5.74) is 9.19. The molecule has 126 valence electrons. The van der Waals surface area contributed by atoms with Gasteiger partial charge in [0.1, 0.15) is 0 Å². The van der Waals surface area contributed by atoms with Gasteiger partial charge in [0.15, 0.2) is 0 Å². The molecular formula is C18H27N3O2. The minimum Gasteiger partial charge on any atom is -0.379 e. The molecule has 5 nitrogen and oxygen atoms in total. The predicted octanol–water partition coefficient (Wildman–Crippen LogP) is 1.89. The summed E-state index contributed by atoms with van der Waals surface area (Å²) >= 11 is 0. The van der Waals surface area contributed by atoms with E-state index in [0.717, 1.165) is 63.4 Å². The molecule has 3 rings (SSSR count). The zero-order valence-corrected chi connectivity index (χ0v) is 13.9. The van der Waals surface area contributed by atoms with Gasteiger partial charge in [-0.1, -0.05) is 12.1 Å². The smallest absolute Gasteiger partial charge is 0.227 e. The summed E-state index contributed by atoms with van der Waals surface area (Å²) in [5.74, 6) is 0.178. The number of aryl methyl sites for hydroxylation is 1. The Morgan fingerprint density at radius 2 is 2.13 bits per heavy atom. The zero-order valence-electron chi connectivity index (χ0n) is 13.9. The van der Waals surface area contributed by atoms with Crippen molar-refractivity contribution in [2.45, 2.75) is 38.8 Å². The minimum atomic E-state index is 0.0623. The van der Waals surface area contributed by atoms with Crippen LogP contribution < -0.4 is 11.1 Å². The molecule has 1 aliphatic carbocycles.